The van der Waals surface area contributed by atoms with Gasteiger partial charge >= 0.3 is 0 Å². The Morgan fingerprint density at radius 2 is 2.14 bits per heavy atom. The molecule has 6 heteroatoms. The van der Waals surface area contributed by atoms with Crippen molar-refractivity contribution in [2.45, 2.75) is 32.2 Å². The van der Waals surface area contributed by atoms with Crippen LogP contribution in [0.2, 0.25) is 5.02 Å². The quantitative estimate of drug-likeness (QED) is 0.644. The number of carbonyl (C=O) groups excluding carboxylic acids is 1. The highest BCUT2D eigenvalue weighted by Gasteiger charge is 2.15. The lowest BCUT2D eigenvalue weighted by molar-refractivity contribution is 0.0949. The number of nitrogens with one attached hydrogen (secondary N) is 2. The lowest BCUT2D eigenvalue weighted by Crippen LogP contribution is -2.32. The zero-order valence-corrected chi connectivity index (χ0v) is 13.6. The molecule has 1 atom stereocenters. The summed E-state index contributed by atoms with van der Waals surface area (Å²) < 4.78 is 5.18. The number of benzene rings is 1. The van der Waals surface area contributed by atoms with Crippen molar-refractivity contribution in [1.82, 2.24) is 10.6 Å². The second-order valence-corrected chi connectivity index (χ2v) is 5.30. The molecule has 4 N–H and O–H groups in total. The minimum Gasteiger partial charge on any atom is -0.496 e. The molecule has 1 rings (SSSR count). The van der Waals surface area contributed by atoms with E-state index < -0.39 is 0 Å². The third kappa shape index (κ3) is 5.10. The van der Waals surface area contributed by atoms with Crippen molar-refractivity contribution < 1.29 is 9.53 Å². The van der Waals surface area contributed by atoms with Crippen molar-refractivity contribution in [3.63, 3.8) is 0 Å². The number of hydrogen-bond donors (Lipinski definition) is 3. The molecule has 1 amide bonds. The van der Waals surface area contributed by atoms with Gasteiger partial charge in [0.05, 0.1) is 23.4 Å². The maximum absolute atomic E-state index is 12.2. The van der Waals surface area contributed by atoms with Crippen LogP contribution < -0.4 is 21.1 Å². The van der Waals surface area contributed by atoms with Crippen LogP contribution in [-0.4, -0.2) is 32.7 Å². The Kier molecular flexibility index (Phi) is 7.32. The van der Waals surface area contributed by atoms with E-state index in [9.17, 15) is 4.79 Å². The molecule has 0 aliphatic carbocycles. The number of nitrogen functional groups attached to an aromatic ring is 1. The maximum atomic E-state index is 12.2. The number of nitrogens with two attached hydrogens (primary N) is 1. The number of hydrogen-bond acceptors (Lipinski definition) is 4. The molecule has 0 aromatic heterocycles. The summed E-state index contributed by atoms with van der Waals surface area (Å²) in [6.45, 7) is 2.74. The van der Waals surface area contributed by atoms with E-state index in [4.69, 9.17) is 22.1 Å². The predicted octanol–water partition coefficient (Wildman–Crippen LogP) is 2.44. The van der Waals surface area contributed by atoms with E-state index in [1.165, 1.54) is 13.2 Å². The first-order valence-electron chi connectivity index (χ1n) is 7.11. The fourth-order valence-corrected chi connectivity index (χ4v) is 2.32. The highest BCUT2D eigenvalue weighted by atomic mass is 35.5. The molecule has 0 fully saturated rings. The van der Waals surface area contributed by atoms with E-state index in [-0.39, 0.29) is 5.91 Å². The Balaban J connectivity index is 2.65. The Morgan fingerprint density at radius 3 is 2.71 bits per heavy atom. The molecule has 1 aromatic rings. The lowest BCUT2D eigenvalue weighted by Gasteiger charge is -2.16. The summed E-state index contributed by atoms with van der Waals surface area (Å²) >= 11 is 5.96. The molecule has 0 aliphatic rings. The van der Waals surface area contributed by atoms with E-state index >= 15 is 0 Å². The summed E-state index contributed by atoms with van der Waals surface area (Å²) in [5, 5.41) is 6.47. The number of carbonyl (C=O) groups is 1. The molecule has 21 heavy (non-hydrogen) atoms. The molecule has 0 bridgehead atoms. The van der Waals surface area contributed by atoms with Crippen molar-refractivity contribution in [3.8, 4) is 5.75 Å². The van der Waals surface area contributed by atoms with Crippen LogP contribution in [0.5, 0.6) is 5.75 Å². The molecule has 0 spiro atoms. The summed E-state index contributed by atoms with van der Waals surface area (Å²) in [5.41, 5.74) is 6.49. The first-order chi connectivity index (χ1) is 10.0. The van der Waals surface area contributed by atoms with E-state index in [1.807, 2.05) is 7.05 Å². The fraction of sp³-hybridized carbons (Fsp3) is 0.533. The van der Waals surface area contributed by atoms with Crippen molar-refractivity contribution in [2.24, 2.45) is 0 Å². The molecule has 0 saturated heterocycles. The van der Waals surface area contributed by atoms with Gasteiger partial charge < -0.3 is 21.1 Å². The molecule has 1 aromatic carbocycles. The highest BCUT2D eigenvalue weighted by Crippen LogP contribution is 2.28. The number of halogens is 1. The SMILES string of the molecule is CCCC(CCNC(=O)c1cc(Cl)c(N)cc1OC)NC. The molecule has 0 radical (unpaired) electrons. The molecule has 0 aliphatic heterocycles. The normalized spacial score (nSPS) is 12.0. The van der Waals surface area contributed by atoms with Crippen LogP contribution in [0.1, 0.15) is 36.5 Å². The van der Waals surface area contributed by atoms with Crippen LogP contribution in [0.15, 0.2) is 12.1 Å². The van der Waals surface area contributed by atoms with Crippen molar-refractivity contribution >= 4 is 23.2 Å². The van der Waals surface area contributed by atoms with Crippen LogP contribution in [0.4, 0.5) is 5.69 Å². The van der Waals surface area contributed by atoms with Crippen molar-refractivity contribution in [1.29, 1.82) is 0 Å². The largest absolute Gasteiger partial charge is 0.496 e. The summed E-state index contributed by atoms with van der Waals surface area (Å²) in [6.07, 6.45) is 3.07. The zero-order chi connectivity index (χ0) is 15.8. The predicted molar refractivity (Wildman–Crippen MR) is 87.1 cm³/mol. The van der Waals surface area contributed by atoms with Gasteiger partial charge in [-0.05, 0) is 26.0 Å². The lowest BCUT2D eigenvalue weighted by atomic mass is 10.1. The summed E-state index contributed by atoms with van der Waals surface area (Å²) in [7, 11) is 3.43. The molecule has 0 saturated carbocycles. The standard InChI is InChI=1S/C15H24ClN3O2/c1-4-5-10(18-2)6-7-19-15(20)11-8-12(16)13(17)9-14(11)21-3/h8-10,18H,4-7,17H2,1-3H3,(H,19,20). The minimum absolute atomic E-state index is 0.208. The van der Waals surface area contributed by atoms with Gasteiger partial charge in [0.2, 0.25) is 0 Å². The second-order valence-electron chi connectivity index (χ2n) is 4.89. The minimum atomic E-state index is -0.208. The van der Waals surface area contributed by atoms with Crippen LogP contribution in [0.3, 0.4) is 0 Å². The fourth-order valence-electron chi connectivity index (χ4n) is 2.15. The number of methoxy groups -OCH3 is 1. The van der Waals surface area contributed by atoms with E-state index in [1.54, 1.807) is 6.07 Å². The highest BCUT2D eigenvalue weighted by molar-refractivity contribution is 6.33. The number of amides is 1. The van der Waals surface area contributed by atoms with Gasteiger partial charge in [0.15, 0.2) is 0 Å². The first-order valence-corrected chi connectivity index (χ1v) is 7.49. The molecule has 1 unspecified atom stereocenters. The summed E-state index contributed by atoms with van der Waals surface area (Å²) in [4.78, 5) is 12.2. The Labute approximate surface area is 131 Å². The third-order valence-electron chi connectivity index (χ3n) is 3.39. The van der Waals surface area contributed by atoms with Crippen LogP contribution in [0, 0.1) is 0 Å². The van der Waals surface area contributed by atoms with Gasteiger partial charge in [-0.3, -0.25) is 4.79 Å². The average Bonchev–Trinajstić information content (AvgIpc) is 2.48. The van der Waals surface area contributed by atoms with Crippen molar-refractivity contribution in [3.05, 3.63) is 22.7 Å². The second kappa shape index (κ2) is 8.74. The van der Waals surface area contributed by atoms with Gasteiger partial charge in [0, 0.05) is 18.7 Å². The number of ether oxygens (including phenoxy) is 1. The number of anilines is 1. The van der Waals surface area contributed by atoms with Crippen molar-refractivity contribution in [2.75, 3.05) is 26.4 Å². The molecule has 5 nitrogen and oxygen atoms in total. The molecule has 0 heterocycles. The van der Waals surface area contributed by atoms with E-state index in [0.717, 1.165) is 19.3 Å². The third-order valence-corrected chi connectivity index (χ3v) is 3.71. The Morgan fingerprint density at radius 1 is 1.43 bits per heavy atom. The Bertz CT molecular complexity index is 480. The van der Waals surface area contributed by atoms with Gasteiger partial charge in [0.25, 0.3) is 5.91 Å². The molecule has 118 valence electrons. The monoisotopic (exact) mass is 313 g/mol. The molecular formula is C15H24ClN3O2. The maximum Gasteiger partial charge on any atom is 0.255 e. The first kappa shape index (κ1) is 17.6. The molecular weight excluding hydrogens is 290 g/mol. The van der Waals surface area contributed by atoms with Gasteiger partial charge in [-0.1, -0.05) is 24.9 Å². The number of rotatable bonds is 8. The average molecular weight is 314 g/mol. The Hall–Kier alpha value is -1.46. The van der Waals surface area contributed by atoms with E-state index in [0.29, 0.717) is 34.6 Å². The smallest absolute Gasteiger partial charge is 0.255 e. The summed E-state index contributed by atoms with van der Waals surface area (Å²) in [5.74, 6) is 0.216. The van der Waals surface area contributed by atoms with Crippen LogP contribution in [0.25, 0.3) is 0 Å². The van der Waals surface area contributed by atoms with Gasteiger partial charge in [0.1, 0.15) is 5.75 Å². The van der Waals surface area contributed by atoms with E-state index in [2.05, 4.69) is 17.6 Å². The summed E-state index contributed by atoms with van der Waals surface area (Å²) in [6, 6.07) is 3.50. The van der Waals surface area contributed by atoms with Gasteiger partial charge in [-0.15, -0.1) is 0 Å². The topological polar surface area (TPSA) is 76.4 Å². The van der Waals surface area contributed by atoms with Crippen LogP contribution in [-0.2, 0) is 0 Å². The van der Waals surface area contributed by atoms with Gasteiger partial charge in [-0.2, -0.15) is 0 Å². The van der Waals surface area contributed by atoms with Crippen LogP contribution >= 0.6 is 11.6 Å². The zero-order valence-electron chi connectivity index (χ0n) is 12.8. The van der Waals surface area contributed by atoms with Gasteiger partial charge in [-0.25, -0.2) is 0 Å².